The normalized spacial score (nSPS) is 18.8. The van der Waals surface area contributed by atoms with Crippen molar-refractivity contribution in [3.63, 3.8) is 0 Å². The summed E-state index contributed by atoms with van der Waals surface area (Å²) in [5, 5.41) is 0.783. The first-order chi connectivity index (χ1) is 8.66. The molecule has 0 spiro atoms. The minimum absolute atomic E-state index is 0.0255. The first kappa shape index (κ1) is 13.9. The molecule has 1 atom stereocenters. The van der Waals surface area contributed by atoms with Gasteiger partial charge in [-0.3, -0.25) is 0 Å². The Morgan fingerprint density at radius 3 is 2.72 bits per heavy atom. The van der Waals surface area contributed by atoms with Crippen molar-refractivity contribution in [2.75, 3.05) is 5.75 Å². The van der Waals surface area contributed by atoms with Crippen LogP contribution in [0.2, 0.25) is 0 Å². The summed E-state index contributed by atoms with van der Waals surface area (Å²) >= 11 is 1.99. The quantitative estimate of drug-likeness (QED) is 0.884. The molecule has 1 aromatic carbocycles. The van der Waals surface area contributed by atoms with Gasteiger partial charge in [0.05, 0.1) is 0 Å². The molecule has 1 aromatic rings. The first-order valence-electron chi connectivity index (χ1n) is 6.80. The summed E-state index contributed by atoms with van der Waals surface area (Å²) in [6, 6.07) is 4.93. The number of benzene rings is 1. The van der Waals surface area contributed by atoms with Crippen LogP contribution in [-0.2, 0) is 0 Å². The molecule has 0 amide bonds. The molecule has 2 N–H and O–H groups in total. The zero-order valence-corrected chi connectivity index (χ0v) is 11.8. The number of hydrogen-bond acceptors (Lipinski definition) is 2. The minimum atomic E-state index is -0.177. The summed E-state index contributed by atoms with van der Waals surface area (Å²) in [5.41, 5.74) is 8.27. The molecule has 1 saturated carbocycles. The molecule has 0 radical (unpaired) electrons. The Morgan fingerprint density at radius 2 is 2.06 bits per heavy atom. The van der Waals surface area contributed by atoms with Crippen LogP contribution in [0.1, 0.15) is 49.3 Å². The van der Waals surface area contributed by atoms with E-state index in [0.29, 0.717) is 0 Å². The van der Waals surface area contributed by atoms with Gasteiger partial charge in [-0.2, -0.15) is 11.8 Å². The average molecular weight is 267 g/mol. The van der Waals surface area contributed by atoms with Gasteiger partial charge < -0.3 is 5.73 Å². The van der Waals surface area contributed by atoms with Crippen molar-refractivity contribution < 1.29 is 4.39 Å². The van der Waals surface area contributed by atoms with Gasteiger partial charge in [-0.1, -0.05) is 25.3 Å². The molecule has 1 nitrogen and oxygen atoms in total. The molecule has 0 bridgehead atoms. The third kappa shape index (κ3) is 3.72. The molecule has 0 aromatic heterocycles. The fourth-order valence-electron chi connectivity index (χ4n) is 2.62. The van der Waals surface area contributed by atoms with Gasteiger partial charge in [-0.15, -0.1) is 0 Å². The lowest BCUT2D eigenvalue weighted by atomic mass is 10.0. The topological polar surface area (TPSA) is 26.0 Å². The summed E-state index contributed by atoms with van der Waals surface area (Å²) in [4.78, 5) is 0. The SMILES string of the molecule is Cc1cc(F)ccc1C(N)CSC1CCCCC1. The molecule has 100 valence electrons. The van der Waals surface area contributed by atoms with E-state index in [-0.39, 0.29) is 11.9 Å². The molecule has 3 heteroatoms. The first-order valence-corrected chi connectivity index (χ1v) is 7.85. The maximum atomic E-state index is 13.0. The maximum absolute atomic E-state index is 13.0. The minimum Gasteiger partial charge on any atom is -0.323 e. The van der Waals surface area contributed by atoms with Crippen LogP contribution in [0.25, 0.3) is 0 Å². The van der Waals surface area contributed by atoms with E-state index in [9.17, 15) is 4.39 Å². The van der Waals surface area contributed by atoms with E-state index in [4.69, 9.17) is 5.73 Å². The van der Waals surface area contributed by atoms with Gasteiger partial charge in [-0.05, 0) is 43.0 Å². The zero-order valence-electron chi connectivity index (χ0n) is 11.0. The molecule has 1 unspecified atom stereocenters. The largest absolute Gasteiger partial charge is 0.323 e. The fourth-order valence-corrected chi connectivity index (χ4v) is 3.94. The average Bonchev–Trinajstić information content (AvgIpc) is 2.37. The van der Waals surface area contributed by atoms with Gasteiger partial charge in [0.25, 0.3) is 0 Å². The third-order valence-corrected chi connectivity index (χ3v) is 5.19. The van der Waals surface area contributed by atoms with Crippen molar-refractivity contribution in [2.24, 2.45) is 5.73 Å². The van der Waals surface area contributed by atoms with Crippen molar-refractivity contribution in [3.8, 4) is 0 Å². The Hall–Kier alpha value is -0.540. The van der Waals surface area contributed by atoms with Crippen LogP contribution in [0.4, 0.5) is 4.39 Å². The highest BCUT2D eigenvalue weighted by Crippen LogP contribution is 2.31. The monoisotopic (exact) mass is 267 g/mol. The summed E-state index contributed by atoms with van der Waals surface area (Å²) in [5.74, 6) is 0.764. The molecule has 0 heterocycles. The molecular formula is C15H22FNS. The van der Waals surface area contributed by atoms with Crippen molar-refractivity contribution in [2.45, 2.75) is 50.3 Å². The zero-order chi connectivity index (χ0) is 13.0. The molecule has 1 aliphatic rings. The van der Waals surface area contributed by atoms with Crippen LogP contribution < -0.4 is 5.73 Å². The molecule has 0 saturated heterocycles. The number of aryl methyl sites for hydroxylation is 1. The van der Waals surface area contributed by atoms with E-state index in [1.54, 1.807) is 6.07 Å². The van der Waals surface area contributed by atoms with E-state index in [1.807, 2.05) is 24.8 Å². The Balaban J connectivity index is 1.88. The summed E-state index contributed by atoms with van der Waals surface area (Å²) in [6.07, 6.45) is 6.78. The highest BCUT2D eigenvalue weighted by Gasteiger charge is 2.16. The molecular weight excluding hydrogens is 245 g/mol. The van der Waals surface area contributed by atoms with E-state index in [2.05, 4.69) is 0 Å². The van der Waals surface area contributed by atoms with E-state index >= 15 is 0 Å². The predicted molar refractivity (Wildman–Crippen MR) is 77.4 cm³/mol. The lowest BCUT2D eigenvalue weighted by molar-refractivity contribution is 0.515. The molecule has 2 rings (SSSR count). The fraction of sp³-hybridized carbons (Fsp3) is 0.600. The van der Waals surface area contributed by atoms with Crippen LogP contribution in [0.5, 0.6) is 0 Å². The van der Waals surface area contributed by atoms with Gasteiger partial charge in [-0.25, -0.2) is 4.39 Å². The second-order valence-corrected chi connectivity index (χ2v) is 6.53. The summed E-state index contributed by atoms with van der Waals surface area (Å²) in [7, 11) is 0. The second-order valence-electron chi connectivity index (χ2n) is 5.20. The van der Waals surface area contributed by atoms with E-state index in [0.717, 1.165) is 22.1 Å². The lowest BCUT2D eigenvalue weighted by Gasteiger charge is -2.23. The van der Waals surface area contributed by atoms with Crippen molar-refractivity contribution in [3.05, 3.63) is 35.1 Å². The van der Waals surface area contributed by atoms with Crippen LogP contribution in [0.3, 0.4) is 0 Å². The van der Waals surface area contributed by atoms with Gasteiger partial charge >= 0.3 is 0 Å². The standard InChI is InChI=1S/C15H22FNS/c1-11-9-12(16)7-8-14(11)15(17)10-18-13-5-3-2-4-6-13/h7-9,13,15H,2-6,10,17H2,1H3. The number of halogens is 1. The molecule has 0 aliphatic heterocycles. The summed E-state index contributed by atoms with van der Waals surface area (Å²) < 4.78 is 13.0. The van der Waals surface area contributed by atoms with Gasteiger partial charge in [0.15, 0.2) is 0 Å². The second kappa shape index (κ2) is 6.58. The Morgan fingerprint density at radius 1 is 1.33 bits per heavy atom. The van der Waals surface area contributed by atoms with Gasteiger partial charge in [0.1, 0.15) is 5.82 Å². The highest BCUT2D eigenvalue weighted by molar-refractivity contribution is 7.99. The van der Waals surface area contributed by atoms with E-state index < -0.39 is 0 Å². The predicted octanol–water partition coefficient (Wildman–Crippen LogP) is 4.20. The lowest BCUT2D eigenvalue weighted by Crippen LogP contribution is -2.18. The highest BCUT2D eigenvalue weighted by atomic mass is 32.2. The van der Waals surface area contributed by atoms with Crippen LogP contribution >= 0.6 is 11.8 Å². The number of thioether (sulfide) groups is 1. The molecule has 1 aliphatic carbocycles. The van der Waals surface area contributed by atoms with Gasteiger partial charge in [0, 0.05) is 17.0 Å². The molecule has 18 heavy (non-hydrogen) atoms. The van der Waals surface area contributed by atoms with Crippen LogP contribution in [0, 0.1) is 12.7 Å². The summed E-state index contributed by atoms with van der Waals surface area (Å²) in [6.45, 7) is 1.93. The number of rotatable bonds is 4. The van der Waals surface area contributed by atoms with Crippen LogP contribution in [-0.4, -0.2) is 11.0 Å². The number of hydrogen-bond donors (Lipinski definition) is 1. The van der Waals surface area contributed by atoms with Crippen molar-refractivity contribution in [1.82, 2.24) is 0 Å². The third-order valence-electron chi connectivity index (χ3n) is 3.70. The van der Waals surface area contributed by atoms with Crippen LogP contribution in [0.15, 0.2) is 18.2 Å². The van der Waals surface area contributed by atoms with Crippen molar-refractivity contribution in [1.29, 1.82) is 0 Å². The Kier molecular flexibility index (Phi) is 5.07. The van der Waals surface area contributed by atoms with E-state index in [1.165, 1.54) is 38.2 Å². The van der Waals surface area contributed by atoms with Crippen molar-refractivity contribution >= 4 is 11.8 Å². The Bertz CT molecular complexity index is 388. The van der Waals surface area contributed by atoms with Gasteiger partial charge in [0.2, 0.25) is 0 Å². The number of nitrogens with two attached hydrogens (primary N) is 1. The Labute approximate surface area is 113 Å². The maximum Gasteiger partial charge on any atom is 0.123 e. The smallest absolute Gasteiger partial charge is 0.123 e. The molecule has 1 fully saturated rings.